The minimum atomic E-state index is -0.474. The topological polar surface area (TPSA) is 79.0 Å². The van der Waals surface area contributed by atoms with Crippen LogP contribution >= 0.6 is 0 Å². The molecule has 0 aliphatic rings. The molecular weight excluding hydrogens is 262 g/mol. The van der Waals surface area contributed by atoms with Gasteiger partial charge in [-0.3, -0.25) is 10.2 Å². The lowest BCUT2D eigenvalue weighted by Crippen LogP contribution is -2.24. The van der Waals surface area contributed by atoms with Gasteiger partial charge in [-0.05, 0) is 24.6 Å². The van der Waals surface area contributed by atoms with Crippen LogP contribution < -0.4 is 11.1 Å². The number of amides is 1. The monoisotopic (exact) mass is 279 g/mol. The van der Waals surface area contributed by atoms with Crippen LogP contribution in [0.3, 0.4) is 0 Å². The third-order valence-electron chi connectivity index (χ3n) is 3.12. The maximum atomic E-state index is 12.1. The molecule has 4 heteroatoms. The summed E-state index contributed by atoms with van der Waals surface area (Å²) in [6, 6.07) is 18.4. The predicted molar refractivity (Wildman–Crippen MR) is 86.0 cm³/mol. The van der Waals surface area contributed by atoms with Crippen LogP contribution in [0.15, 0.2) is 66.2 Å². The van der Waals surface area contributed by atoms with Gasteiger partial charge in [-0.15, -0.1) is 0 Å². The Balaban J connectivity index is 2.17. The summed E-state index contributed by atoms with van der Waals surface area (Å²) in [5, 5.41) is 10.7. The fourth-order valence-electron chi connectivity index (χ4n) is 1.85. The summed E-state index contributed by atoms with van der Waals surface area (Å²) in [7, 11) is 0. The Morgan fingerprint density at radius 1 is 1.00 bits per heavy atom. The van der Waals surface area contributed by atoms with Crippen LogP contribution in [0.5, 0.6) is 0 Å². The van der Waals surface area contributed by atoms with Gasteiger partial charge in [0.2, 0.25) is 0 Å². The molecule has 106 valence electrons. The van der Waals surface area contributed by atoms with Gasteiger partial charge in [-0.1, -0.05) is 48.5 Å². The van der Waals surface area contributed by atoms with Crippen molar-refractivity contribution in [1.82, 2.24) is 0 Å². The molecule has 0 heterocycles. The third-order valence-corrected chi connectivity index (χ3v) is 3.12. The number of nitrogens with two attached hydrogens (primary N) is 1. The second kappa shape index (κ2) is 6.52. The Kier molecular flexibility index (Phi) is 4.51. The molecule has 2 aromatic carbocycles. The Hall–Kier alpha value is -2.88. The zero-order valence-electron chi connectivity index (χ0n) is 11.8. The number of para-hydroxylation sites is 1. The largest absolute Gasteiger partial charge is 0.398 e. The molecule has 2 rings (SSSR count). The lowest BCUT2D eigenvalue weighted by atomic mass is 10.0. The van der Waals surface area contributed by atoms with E-state index < -0.39 is 5.91 Å². The maximum absolute atomic E-state index is 12.1. The molecule has 0 saturated carbocycles. The number of hydrogen-bond donors (Lipinski definition) is 3. The van der Waals surface area contributed by atoms with Crippen LogP contribution in [0, 0.1) is 5.41 Å². The molecule has 0 aromatic heterocycles. The molecule has 2 aromatic rings. The van der Waals surface area contributed by atoms with E-state index in [1.54, 1.807) is 19.1 Å². The Bertz CT molecular complexity index is 676. The van der Waals surface area contributed by atoms with Gasteiger partial charge < -0.3 is 11.1 Å². The van der Waals surface area contributed by atoms with E-state index in [0.29, 0.717) is 17.0 Å². The first-order valence-corrected chi connectivity index (χ1v) is 6.56. The number of hydrogen-bond acceptors (Lipinski definition) is 3. The fraction of sp³-hybridized carbons (Fsp3) is 0.0588. The molecule has 0 unspecified atom stereocenters. The number of carbonyl (C=O) groups excluding carboxylic acids is 1. The van der Waals surface area contributed by atoms with Crippen molar-refractivity contribution >= 4 is 23.0 Å². The van der Waals surface area contributed by atoms with Crippen molar-refractivity contribution < 1.29 is 4.79 Å². The van der Waals surface area contributed by atoms with Gasteiger partial charge in [-0.25, -0.2) is 0 Å². The van der Waals surface area contributed by atoms with Gasteiger partial charge in [0.25, 0.3) is 5.91 Å². The second-order valence-corrected chi connectivity index (χ2v) is 4.60. The first-order valence-electron chi connectivity index (χ1n) is 6.56. The lowest BCUT2D eigenvalue weighted by Gasteiger charge is -2.10. The van der Waals surface area contributed by atoms with E-state index in [4.69, 9.17) is 11.1 Å². The van der Waals surface area contributed by atoms with Gasteiger partial charge in [0.15, 0.2) is 0 Å². The average Bonchev–Trinajstić information content (AvgIpc) is 2.54. The zero-order chi connectivity index (χ0) is 15.2. The minimum absolute atomic E-state index is 0.139. The number of anilines is 1. The number of nitrogens with one attached hydrogen (secondary N) is 2. The van der Waals surface area contributed by atoms with Crippen molar-refractivity contribution in [1.29, 1.82) is 5.41 Å². The van der Waals surface area contributed by atoms with E-state index in [0.717, 1.165) is 5.56 Å². The summed E-state index contributed by atoms with van der Waals surface area (Å²) in [5.41, 5.74) is 8.23. The van der Waals surface area contributed by atoms with Gasteiger partial charge in [-0.2, -0.15) is 0 Å². The van der Waals surface area contributed by atoms with Crippen LogP contribution in [-0.2, 0) is 4.79 Å². The summed E-state index contributed by atoms with van der Waals surface area (Å²) >= 11 is 0. The highest BCUT2D eigenvalue weighted by molar-refractivity contribution is 6.48. The molecule has 0 radical (unpaired) electrons. The van der Waals surface area contributed by atoms with Crippen molar-refractivity contribution in [2.75, 3.05) is 5.32 Å². The molecule has 4 N–H and O–H groups in total. The summed E-state index contributed by atoms with van der Waals surface area (Å²) in [6.45, 7) is 1.68. The van der Waals surface area contributed by atoms with E-state index in [1.165, 1.54) is 0 Å². The highest BCUT2D eigenvalue weighted by Crippen LogP contribution is 2.14. The van der Waals surface area contributed by atoms with Crippen LogP contribution in [0.2, 0.25) is 0 Å². The highest BCUT2D eigenvalue weighted by atomic mass is 16.1. The third kappa shape index (κ3) is 3.57. The number of rotatable bonds is 4. The summed E-state index contributed by atoms with van der Waals surface area (Å²) in [5.74, 6) is -0.474. The van der Waals surface area contributed by atoms with Gasteiger partial charge in [0.1, 0.15) is 5.71 Å². The Morgan fingerprint density at radius 3 is 2.10 bits per heavy atom. The van der Waals surface area contributed by atoms with Gasteiger partial charge in [0.05, 0.1) is 0 Å². The molecule has 0 saturated heterocycles. The van der Waals surface area contributed by atoms with E-state index >= 15 is 0 Å². The quantitative estimate of drug-likeness (QED) is 0.752. The van der Waals surface area contributed by atoms with Crippen LogP contribution in [0.1, 0.15) is 12.5 Å². The van der Waals surface area contributed by atoms with E-state index in [9.17, 15) is 4.79 Å². The summed E-state index contributed by atoms with van der Waals surface area (Å²) in [4.78, 5) is 12.1. The van der Waals surface area contributed by atoms with Crippen molar-refractivity contribution in [2.24, 2.45) is 5.73 Å². The summed E-state index contributed by atoms with van der Waals surface area (Å²) < 4.78 is 0. The van der Waals surface area contributed by atoms with Crippen molar-refractivity contribution in [3.8, 4) is 0 Å². The first kappa shape index (κ1) is 14.5. The molecule has 0 fully saturated rings. The van der Waals surface area contributed by atoms with Gasteiger partial charge >= 0.3 is 0 Å². The minimum Gasteiger partial charge on any atom is -0.398 e. The van der Waals surface area contributed by atoms with Crippen LogP contribution in [-0.4, -0.2) is 11.6 Å². The molecular formula is C17H17N3O. The van der Waals surface area contributed by atoms with E-state index in [1.807, 2.05) is 48.5 Å². The highest BCUT2D eigenvalue weighted by Gasteiger charge is 2.14. The molecule has 0 aliphatic carbocycles. The first-order chi connectivity index (χ1) is 10.1. The lowest BCUT2D eigenvalue weighted by molar-refractivity contribution is -0.110. The zero-order valence-corrected chi connectivity index (χ0v) is 11.8. The fourth-order valence-corrected chi connectivity index (χ4v) is 1.85. The smallest absolute Gasteiger partial charge is 0.273 e. The normalized spacial score (nSPS) is 11.5. The molecule has 0 aliphatic heterocycles. The number of benzene rings is 2. The van der Waals surface area contributed by atoms with Crippen molar-refractivity contribution in [2.45, 2.75) is 6.92 Å². The standard InChI is InChI=1S/C17H17N3O/c1-12(15(18)13-8-4-2-5-9-13)16(19)17(21)20-14-10-6-3-7-11-14/h2-11,19H,18H2,1H3,(H,20,21)/b15-12-,19-16?. The summed E-state index contributed by atoms with van der Waals surface area (Å²) in [6.07, 6.45) is 0. The van der Waals surface area contributed by atoms with Gasteiger partial charge in [0, 0.05) is 17.0 Å². The van der Waals surface area contributed by atoms with E-state index in [2.05, 4.69) is 5.32 Å². The Labute approximate surface area is 123 Å². The van der Waals surface area contributed by atoms with E-state index in [-0.39, 0.29) is 5.71 Å². The SMILES string of the molecule is C/C(C(=N)C(=O)Nc1ccccc1)=C(/N)c1ccccc1. The molecule has 0 spiro atoms. The number of carbonyl (C=O) groups is 1. The average molecular weight is 279 g/mol. The van der Waals surface area contributed by atoms with Crippen molar-refractivity contribution in [3.05, 3.63) is 71.8 Å². The van der Waals surface area contributed by atoms with Crippen LogP contribution in [0.25, 0.3) is 5.70 Å². The maximum Gasteiger partial charge on any atom is 0.273 e. The Morgan fingerprint density at radius 2 is 1.52 bits per heavy atom. The predicted octanol–water partition coefficient (Wildman–Crippen LogP) is 3.03. The second-order valence-electron chi connectivity index (χ2n) is 4.60. The molecule has 21 heavy (non-hydrogen) atoms. The molecule has 4 nitrogen and oxygen atoms in total. The van der Waals surface area contributed by atoms with Crippen LogP contribution in [0.4, 0.5) is 5.69 Å². The molecule has 0 atom stereocenters. The molecule has 1 amide bonds. The van der Waals surface area contributed by atoms with Crippen molar-refractivity contribution in [3.63, 3.8) is 0 Å². The molecule has 0 bridgehead atoms.